The summed E-state index contributed by atoms with van der Waals surface area (Å²) in [6.45, 7) is 1.85. The number of rotatable bonds is 2. The molecule has 0 saturated carbocycles. The molecule has 0 aliphatic carbocycles. The van der Waals surface area contributed by atoms with E-state index in [0.717, 1.165) is 16.8 Å². The molecule has 0 bridgehead atoms. The number of H-pyrrole nitrogens is 1. The Morgan fingerprint density at radius 2 is 1.45 bits per heavy atom. The third-order valence-corrected chi connectivity index (χ3v) is 3.17. The van der Waals surface area contributed by atoms with Gasteiger partial charge in [0, 0.05) is 11.3 Å². The van der Waals surface area contributed by atoms with Crippen LogP contribution < -0.4 is 5.69 Å². The van der Waals surface area contributed by atoms with Crippen molar-refractivity contribution in [1.82, 2.24) is 9.97 Å². The third kappa shape index (κ3) is 2.52. The third-order valence-electron chi connectivity index (χ3n) is 3.17. The fraction of sp³-hybridized carbons (Fsp3) is 0.0588. The molecule has 1 aromatic heterocycles. The van der Waals surface area contributed by atoms with Crippen molar-refractivity contribution in [2.45, 2.75) is 6.92 Å². The molecule has 0 unspecified atom stereocenters. The molecule has 0 saturated heterocycles. The van der Waals surface area contributed by atoms with E-state index in [4.69, 9.17) is 0 Å². The van der Waals surface area contributed by atoms with Crippen LogP contribution in [0, 0.1) is 6.92 Å². The Hall–Kier alpha value is -2.68. The fourth-order valence-corrected chi connectivity index (χ4v) is 2.19. The molecule has 0 aliphatic rings. The molecule has 0 radical (unpaired) electrons. The lowest BCUT2D eigenvalue weighted by Crippen LogP contribution is -2.11. The predicted molar refractivity (Wildman–Crippen MR) is 80.5 cm³/mol. The van der Waals surface area contributed by atoms with Crippen LogP contribution in [0.2, 0.25) is 0 Å². The lowest BCUT2D eigenvalue weighted by atomic mass is 10.0. The molecule has 0 fully saturated rings. The topological polar surface area (TPSA) is 45.8 Å². The van der Waals surface area contributed by atoms with Gasteiger partial charge in [0.15, 0.2) is 0 Å². The van der Waals surface area contributed by atoms with E-state index in [1.54, 1.807) is 0 Å². The molecule has 0 spiro atoms. The number of hydrogen-bond donors (Lipinski definition) is 1. The number of nitrogens with zero attached hydrogens (tertiary/aromatic N) is 1. The number of aromatic amines is 1. The lowest BCUT2D eigenvalue weighted by molar-refractivity contribution is 1.03. The Labute approximate surface area is 117 Å². The number of aryl methyl sites for hydroxylation is 1. The molecule has 3 heteroatoms. The van der Waals surface area contributed by atoms with Crippen LogP contribution in [-0.2, 0) is 0 Å². The van der Waals surface area contributed by atoms with Gasteiger partial charge in [-0.25, -0.2) is 4.79 Å². The standard InChI is InChI=1S/C17H14N2O/c1-12-11-16(19-17(20)18-12)15-9-7-14(8-10-15)13-5-3-2-4-6-13/h2-11H,1H3,(H,18,19,20). The second-order valence-electron chi connectivity index (χ2n) is 4.70. The minimum absolute atomic E-state index is 0.313. The summed E-state index contributed by atoms with van der Waals surface area (Å²) in [4.78, 5) is 18.1. The van der Waals surface area contributed by atoms with Crippen molar-refractivity contribution in [2.24, 2.45) is 0 Å². The summed E-state index contributed by atoms with van der Waals surface area (Å²) in [6, 6.07) is 20.1. The summed E-state index contributed by atoms with van der Waals surface area (Å²) in [5, 5.41) is 0. The zero-order chi connectivity index (χ0) is 13.9. The highest BCUT2D eigenvalue weighted by molar-refractivity contribution is 5.68. The van der Waals surface area contributed by atoms with Gasteiger partial charge in [0.1, 0.15) is 0 Å². The predicted octanol–water partition coefficient (Wildman–Crippen LogP) is 3.41. The van der Waals surface area contributed by atoms with Crippen molar-refractivity contribution in [1.29, 1.82) is 0 Å². The van der Waals surface area contributed by atoms with E-state index < -0.39 is 0 Å². The van der Waals surface area contributed by atoms with Gasteiger partial charge in [-0.05, 0) is 24.1 Å². The number of benzene rings is 2. The molecule has 3 nitrogen and oxygen atoms in total. The summed E-state index contributed by atoms with van der Waals surface area (Å²) in [7, 11) is 0. The smallest absolute Gasteiger partial charge is 0.310 e. The fourth-order valence-electron chi connectivity index (χ4n) is 2.19. The highest BCUT2D eigenvalue weighted by Crippen LogP contribution is 2.23. The zero-order valence-corrected chi connectivity index (χ0v) is 11.1. The van der Waals surface area contributed by atoms with E-state index in [9.17, 15) is 4.79 Å². The normalized spacial score (nSPS) is 10.4. The first-order chi connectivity index (χ1) is 9.72. The Bertz CT molecular complexity index is 774. The first-order valence-electron chi connectivity index (χ1n) is 6.46. The molecule has 0 aliphatic heterocycles. The number of aromatic nitrogens is 2. The molecule has 0 atom stereocenters. The van der Waals surface area contributed by atoms with Gasteiger partial charge in [-0.15, -0.1) is 0 Å². The van der Waals surface area contributed by atoms with Crippen molar-refractivity contribution >= 4 is 0 Å². The molecule has 1 heterocycles. The first kappa shape index (κ1) is 12.4. The van der Waals surface area contributed by atoms with Crippen molar-refractivity contribution < 1.29 is 0 Å². The second kappa shape index (κ2) is 5.13. The maximum absolute atomic E-state index is 11.4. The molecule has 20 heavy (non-hydrogen) atoms. The summed E-state index contributed by atoms with van der Waals surface area (Å²) >= 11 is 0. The molecular weight excluding hydrogens is 248 g/mol. The molecule has 3 rings (SSSR count). The Kier molecular flexibility index (Phi) is 3.17. The van der Waals surface area contributed by atoms with Crippen molar-refractivity contribution in [3.8, 4) is 22.4 Å². The van der Waals surface area contributed by atoms with Crippen LogP contribution in [0.3, 0.4) is 0 Å². The molecule has 1 N–H and O–H groups in total. The maximum Gasteiger partial charge on any atom is 0.345 e. The largest absolute Gasteiger partial charge is 0.345 e. The van der Waals surface area contributed by atoms with Gasteiger partial charge < -0.3 is 4.98 Å². The molecule has 3 aromatic rings. The van der Waals surface area contributed by atoms with Gasteiger partial charge >= 0.3 is 5.69 Å². The van der Waals surface area contributed by atoms with Gasteiger partial charge in [-0.3, -0.25) is 0 Å². The molecule has 98 valence electrons. The van der Waals surface area contributed by atoms with E-state index in [1.807, 2.05) is 55.5 Å². The summed E-state index contributed by atoms with van der Waals surface area (Å²) in [5.41, 5.74) is 4.47. The summed E-state index contributed by atoms with van der Waals surface area (Å²) < 4.78 is 0. The highest BCUT2D eigenvalue weighted by Gasteiger charge is 2.03. The van der Waals surface area contributed by atoms with Crippen LogP contribution in [0.1, 0.15) is 5.69 Å². The van der Waals surface area contributed by atoms with Gasteiger partial charge in [-0.2, -0.15) is 4.98 Å². The minimum atomic E-state index is -0.313. The van der Waals surface area contributed by atoms with Crippen molar-refractivity contribution in [2.75, 3.05) is 0 Å². The Morgan fingerprint density at radius 3 is 2.10 bits per heavy atom. The van der Waals surface area contributed by atoms with Crippen LogP contribution in [0.15, 0.2) is 65.5 Å². The van der Waals surface area contributed by atoms with Crippen LogP contribution in [0.4, 0.5) is 0 Å². The maximum atomic E-state index is 11.4. The summed E-state index contributed by atoms with van der Waals surface area (Å²) in [5.74, 6) is 0. The quantitative estimate of drug-likeness (QED) is 0.769. The second-order valence-corrected chi connectivity index (χ2v) is 4.70. The van der Waals surface area contributed by atoms with E-state index in [1.165, 1.54) is 5.56 Å². The van der Waals surface area contributed by atoms with Crippen LogP contribution in [0.25, 0.3) is 22.4 Å². The van der Waals surface area contributed by atoms with Crippen molar-refractivity contribution in [3.63, 3.8) is 0 Å². The number of hydrogen-bond acceptors (Lipinski definition) is 2. The van der Waals surface area contributed by atoms with E-state index in [-0.39, 0.29) is 5.69 Å². The average Bonchev–Trinajstić information content (AvgIpc) is 2.47. The average molecular weight is 262 g/mol. The molecular formula is C17H14N2O. The lowest BCUT2D eigenvalue weighted by Gasteiger charge is -2.04. The monoisotopic (exact) mass is 262 g/mol. The van der Waals surface area contributed by atoms with E-state index in [2.05, 4.69) is 22.1 Å². The first-order valence-corrected chi connectivity index (χ1v) is 6.46. The van der Waals surface area contributed by atoms with E-state index in [0.29, 0.717) is 5.69 Å². The minimum Gasteiger partial charge on any atom is -0.310 e. The Morgan fingerprint density at radius 1 is 0.850 bits per heavy atom. The van der Waals surface area contributed by atoms with Gasteiger partial charge in [0.2, 0.25) is 0 Å². The SMILES string of the molecule is Cc1cc(-c2ccc(-c3ccccc3)cc2)nc(=O)[nH]1. The number of nitrogens with one attached hydrogen (secondary N) is 1. The van der Waals surface area contributed by atoms with E-state index >= 15 is 0 Å². The van der Waals surface area contributed by atoms with Gasteiger partial charge in [-0.1, -0.05) is 54.6 Å². The van der Waals surface area contributed by atoms with Crippen LogP contribution >= 0.6 is 0 Å². The molecule has 2 aromatic carbocycles. The van der Waals surface area contributed by atoms with Crippen molar-refractivity contribution in [3.05, 3.63) is 76.8 Å². The van der Waals surface area contributed by atoms with Gasteiger partial charge in [0.25, 0.3) is 0 Å². The summed E-state index contributed by atoms with van der Waals surface area (Å²) in [6.07, 6.45) is 0. The zero-order valence-electron chi connectivity index (χ0n) is 11.1. The molecule has 0 amide bonds. The van der Waals surface area contributed by atoms with Crippen LogP contribution in [0.5, 0.6) is 0 Å². The van der Waals surface area contributed by atoms with Crippen LogP contribution in [-0.4, -0.2) is 9.97 Å². The highest BCUT2D eigenvalue weighted by atomic mass is 16.1. The Balaban J connectivity index is 1.99. The van der Waals surface area contributed by atoms with Gasteiger partial charge in [0.05, 0.1) is 5.69 Å².